The minimum absolute atomic E-state index is 0.0459. The number of rotatable bonds is 8. The highest BCUT2D eigenvalue weighted by Crippen LogP contribution is 2.38. The highest BCUT2D eigenvalue weighted by atomic mass is 16.5. The zero-order valence-electron chi connectivity index (χ0n) is 18.5. The molecule has 1 saturated heterocycles. The van der Waals surface area contributed by atoms with E-state index in [4.69, 9.17) is 14.2 Å². The smallest absolute Gasteiger partial charge is 0.326 e. The number of methoxy groups -OCH3 is 2. The number of nitrogens with one attached hydrogen (secondary N) is 1. The summed E-state index contributed by atoms with van der Waals surface area (Å²) in [5.41, 5.74) is 0.654. The molecule has 0 aliphatic carbocycles. The molecule has 1 amide bonds. The number of ketones is 1. The summed E-state index contributed by atoms with van der Waals surface area (Å²) < 4.78 is 16.4. The zero-order valence-corrected chi connectivity index (χ0v) is 18.5. The minimum atomic E-state index is -1.67. The number of carboxylic acids is 1. The Kier molecular flexibility index (Phi) is 6.84. The van der Waals surface area contributed by atoms with Crippen LogP contribution in [0.1, 0.15) is 25.8 Å². The van der Waals surface area contributed by atoms with Crippen molar-refractivity contribution in [2.45, 2.75) is 44.4 Å². The molecule has 2 aromatic carbocycles. The molecule has 3 rings (SSSR count). The Bertz CT molecular complexity index is 995. The van der Waals surface area contributed by atoms with E-state index in [9.17, 15) is 19.5 Å². The molecule has 8 heteroatoms. The van der Waals surface area contributed by atoms with Gasteiger partial charge in [0, 0.05) is 12.8 Å². The largest absolute Gasteiger partial charge is 0.496 e. The summed E-state index contributed by atoms with van der Waals surface area (Å²) in [6.07, 6.45) is -0.221. The van der Waals surface area contributed by atoms with Gasteiger partial charge in [-0.1, -0.05) is 30.3 Å². The minimum Gasteiger partial charge on any atom is -0.496 e. The summed E-state index contributed by atoms with van der Waals surface area (Å²) in [4.78, 5) is 36.6. The van der Waals surface area contributed by atoms with Gasteiger partial charge in [0.2, 0.25) is 5.60 Å². The van der Waals surface area contributed by atoms with E-state index in [0.717, 1.165) is 11.1 Å². The first kappa shape index (κ1) is 23.3. The normalized spacial score (nSPS) is 21.1. The molecule has 2 N–H and O–H groups in total. The van der Waals surface area contributed by atoms with Crippen molar-refractivity contribution in [3.63, 3.8) is 0 Å². The molecule has 0 spiro atoms. The number of hydrogen-bond acceptors (Lipinski definition) is 6. The van der Waals surface area contributed by atoms with E-state index < -0.39 is 23.5 Å². The van der Waals surface area contributed by atoms with E-state index in [1.807, 2.05) is 30.3 Å². The van der Waals surface area contributed by atoms with Crippen LogP contribution in [0.15, 0.2) is 42.5 Å². The van der Waals surface area contributed by atoms with E-state index in [-0.39, 0.29) is 24.7 Å². The second kappa shape index (κ2) is 9.40. The Balaban J connectivity index is 1.78. The topological polar surface area (TPSA) is 111 Å². The van der Waals surface area contributed by atoms with Crippen LogP contribution < -0.4 is 14.8 Å². The molecule has 3 atom stereocenters. The van der Waals surface area contributed by atoms with Crippen molar-refractivity contribution >= 4 is 17.7 Å². The number of amides is 1. The summed E-state index contributed by atoms with van der Waals surface area (Å²) in [6.45, 7) is 3.08. The van der Waals surface area contributed by atoms with Gasteiger partial charge >= 0.3 is 5.97 Å². The molecule has 0 aromatic heterocycles. The lowest BCUT2D eigenvalue weighted by molar-refractivity contribution is -0.154. The van der Waals surface area contributed by atoms with Crippen molar-refractivity contribution in [1.29, 1.82) is 0 Å². The quantitative estimate of drug-likeness (QED) is 0.606. The number of carboxylic acid groups (broad SMARTS) is 1. The van der Waals surface area contributed by atoms with Gasteiger partial charge in [-0.15, -0.1) is 0 Å². The van der Waals surface area contributed by atoms with Crippen LogP contribution in [0.3, 0.4) is 0 Å². The summed E-state index contributed by atoms with van der Waals surface area (Å²) in [6, 6.07) is 11.5. The highest BCUT2D eigenvalue weighted by molar-refractivity contribution is 6.11. The van der Waals surface area contributed by atoms with Crippen LogP contribution >= 0.6 is 0 Å². The number of aliphatic carboxylic acids is 1. The third-order valence-electron chi connectivity index (χ3n) is 5.59. The number of hydrogen-bond donors (Lipinski definition) is 2. The van der Waals surface area contributed by atoms with E-state index in [1.54, 1.807) is 33.3 Å². The Hall–Kier alpha value is -3.39. The van der Waals surface area contributed by atoms with Crippen molar-refractivity contribution in [2.24, 2.45) is 0 Å². The standard InChI is InChI=1S/C24H27NO7/c1-14-12-20(26)24(2,32-14)23(29)25-17(22(27)28)13-15-8-10-16(11-9-15)21-18(30-3)6-5-7-19(21)31-4/h5-11,14,17H,12-13H2,1-4H3,(H,25,29)(H,27,28)/t14?,17-,24-/m0/s1. The average molecular weight is 441 g/mol. The third-order valence-corrected chi connectivity index (χ3v) is 5.59. The number of Topliss-reactive ketones (excluding diaryl/α,β-unsaturated/α-hetero) is 1. The van der Waals surface area contributed by atoms with Gasteiger partial charge in [-0.2, -0.15) is 0 Å². The number of benzene rings is 2. The van der Waals surface area contributed by atoms with Gasteiger partial charge in [0.1, 0.15) is 17.5 Å². The second-order valence-electron chi connectivity index (χ2n) is 7.89. The van der Waals surface area contributed by atoms with Crippen LogP contribution in [0.25, 0.3) is 11.1 Å². The Morgan fingerprint density at radius 1 is 1.16 bits per heavy atom. The SMILES string of the molecule is COc1cccc(OC)c1-c1ccc(C[C@H](NC(=O)[C@@]2(C)OC(C)CC2=O)C(=O)O)cc1. The number of carbonyl (C=O) groups is 3. The Morgan fingerprint density at radius 3 is 2.22 bits per heavy atom. The Morgan fingerprint density at radius 2 is 1.75 bits per heavy atom. The van der Waals surface area contributed by atoms with Crippen LogP contribution in [0, 0.1) is 0 Å². The maximum atomic E-state index is 12.7. The lowest BCUT2D eigenvalue weighted by atomic mass is 9.97. The molecule has 1 heterocycles. The van der Waals surface area contributed by atoms with Gasteiger partial charge in [0.25, 0.3) is 5.91 Å². The first-order valence-electron chi connectivity index (χ1n) is 10.2. The fraction of sp³-hybridized carbons (Fsp3) is 0.375. The van der Waals surface area contributed by atoms with Crippen LogP contribution in [0.4, 0.5) is 0 Å². The van der Waals surface area contributed by atoms with E-state index in [0.29, 0.717) is 17.1 Å². The van der Waals surface area contributed by atoms with Crippen molar-refractivity contribution in [3.8, 4) is 22.6 Å². The van der Waals surface area contributed by atoms with Gasteiger partial charge in [0.15, 0.2) is 5.78 Å². The maximum Gasteiger partial charge on any atom is 0.326 e. The fourth-order valence-electron chi connectivity index (χ4n) is 3.82. The molecule has 1 aliphatic rings. The number of ether oxygens (including phenoxy) is 3. The average Bonchev–Trinajstić information content (AvgIpc) is 3.05. The molecule has 0 bridgehead atoms. The highest BCUT2D eigenvalue weighted by Gasteiger charge is 2.49. The van der Waals surface area contributed by atoms with Crippen LogP contribution in [0.5, 0.6) is 11.5 Å². The molecule has 2 aromatic rings. The molecule has 1 aliphatic heterocycles. The predicted molar refractivity (Wildman–Crippen MR) is 117 cm³/mol. The third kappa shape index (κ3) is 4.60. The lowest BCUT2D eigenvalue weighted by Crippen LogP contribution is -2.54. The van der Waals surface area contributed by atoms with Crippen molar-refractivity contribution < 1.29 is 33.7 Å². The molecule has 32 heavy (non-hydrogen) atoms. The van der Waals surface area contributed by atoms with Crippen LogP contribution in [-0.4, -0.2) is 54.7 Å². The van der Waals surface area contributed by atoms with Crippen LogP contribution in [-0.2, 0) is 25.5 Å². The summed E-state index contributed by atoms with van der Waals surface area (Å²) >= 11 is 0. The monoisotopic (exact) mass is 441 g/mol. The molecule has 1 unspecified atom stereocenters. The number of carbonyl (C=O) groups excluding carboxylic acids is 2. The van der Waals surface area contributed by atoms with E-state index in [1.165, 1.54) is 6.92 Å². The molecular formula is C24H27NO7. The van der Waals surface area contributed by atoms with Gasteiger partial charge in [-0.25, -0.2) is 4.79 Å². The lowest BCUT2D eigenvalue weighted by Gasteiger charge is -2.24. The fourth-order valence-corrected chi connectivity index (χ4v) is 3.82. The first-order valence-corrected chi connectivity index (χ1v) is 10.2. The molecule has 170 valence electrons. The molecule has 0 radical (unpaired) electrons. The Labute approximate surface area is 186 Å². The van der Waals surface area contributed by atoms with Crippen LogP contribution in [0.2, 0.25) is 0 Å². The van der Waals surface area contributed by atoms with Crippen molar-refractivity contribution in [3.05, 3.63) is 48.0 Å². The molecule has 1 fully saturated rings. The van der Waals surface area contributed by atoms with E-state index >= 15 is 0 Å². The van der Waals surface area contributed by atoms with Gasteiger partial charge in [-0.3, -0.25) is 9.59 Å². The zero-order chi connectivity index (χ0) is 23.5. The predicted octanol–water partition coefficient (Wildman–Crippen LogP) is 2.62. The maximum absolute atomic E-state index is 12.7. The molecule has 0 saturated carbocycles. The molecule has 8 nitrogen and oxygen atoms in total. The van der Waals surface area contributed by atoms with E-state index in [2.05, 4.69) is 5.32 Å². The van der Waals surface area contributed by atoms with Crippen molar-refractivity contribution in [2.75, 3.05) is 14.2 Å². The second-order valence-corrected chi connectivity index (χ2v) is 7.89. The van der Waals surface area contributed by atoms with Gasteiger partial charge in [0.05, 0.1) is 25.9 Å². The van der Waals surface area contributed by atoms with Gasteiger partial charge in [-0.05, 0) is 37.1 Å². The summed E-state index contributed by atoms with van der Waals surface area (Å²) in [5.74, 6) is -1.000. The molecular weight excluding hydrogens is 414 g/mol. The summed E-state index contributed by atoms with van der Waals surface area (Å²) in [7, 11) is 3.15. The van der Waals surface area contributed by atoms with Crippen molar-refractivity contribution in [1.82, 2.24) is 5.32 Å². The summed E-state index contributed by atoms with van der Waals surface area (Å²) in [5, 5.41) is 12.1. The first-order chi connectivity index (χ1) is 15.2. The van der Waals surface area contributed by atoms with Gasteiger partial charge < -0.3 is 24.6 Å².